The maximum Gasteiger partial charge on any atom is 0.258 e. The number of hydrogen-bond donors (Lipinski definition) is 3. The quantitative estimate of drug-likeness (QED) is 0.467. The highest BCUT2D eigenvalue weighted by Gasteiger charge is 2.13. The number of thiocarbonyl (C=S) groups is 1. The summed E-state index contributed by atoms with van der Waals surface area (Å²) in [6.45, 7) is 2.69. The molecule has 2 rings (SSSR count). The van der Waals surface area contributed by atoms with Gasteiger partial charge in [0.15, 0.2) is 5.11 Å². The number of anilines is 1. The number of halogens is 2. The third kappa shape index (κ3) is 6.50. The van der Waals surface area contributed by atoms with Gasteiger partial charge in [0.25, 0.3) is 11.8 Å². The van der Waals surface area contributed by atoms with Crippen molar-refractivity contribution < 1.29 is 9.59 Å². The third-order valence-electron chi connectivity index (χ3n) is 3.60. The molecule has 5 nitrogen and oxygen atoms in total. The Bertz CT molecular complexity index is 859. The Labute approximate surface area is 173 Å². The van der Waals surface area contributed by atoms with E-state index in [4.69, 9.17) is 35.4 Å². The van der Waals surface area contributed by atoms with Gasteiger partial charge in [-0.2, -0.15) is 0 Å². The lowest BCUT2D eigenvalue weighted by atomic mass is 10.2. The van der Waals surface area contributed by atoms with Crippen molar-refractivity contribution in [2.45, 2.75) is 19.8 Å². The van der Waals surface area contributed by atoms with E-state index in [0.29, 0.717) is 22.8 Å². The van der Waals surface area contributed by atoms with E-state index in [1.165, 1.54) is 12.1 Å². The normalized spacial score (nSPS) is 10.2. The summed E-state index contributed by atoms with van der Waals surface area (Å²) in [5, 5.41) is 9.04. The summed E-state index contributed by atoms with van der Waals surface area (Å²) in [4.78, 5) is 24.4. The van der Waals surface area contributed by atoms with E-state index in [1.54, 1.807) is 30.3 Å². The molecule has 0 atom stereocenters. The Morgan fingerprint density at radius 2 is 1.85 bits per heavy atom. The van der Waals surface area contributed by atoms with E-state index in [2.05, 4.69) is 22.9 Å². The smallest absolute Gasteiger partial charge is 0.258 e. The van der Waals surface area contributed by atoms with E-state index in [9.17, 15) is 9.59 Å². The minimum absolute atomic E-state index is 0.0922. The van der Waals surface area contributed by atoms with Gasteiger partial charge < -0.3 is 10.6 Å². The van der Waals surface area contributed by atoms with Crippen molar-refractivity contribution in [1.29, 1.82) is 0 Å². The van der Waals surface area contributed by atoms with Gasteiger partial charge in [0, 0.05) is 22.8 Å². The molecule has 8 heteroatoms. The van der Waals surface area contributed by atoms with Crippen molar-refractivity contribution in [2.75, 3.05) is 11.9 Å². The largest absolute Gasteiger partial charge is 0.352 e. The van der Waals surface area contributed by atoms with Gasteiger partial charge in [-0.3, -0.25) is 14.9 Å². The second-order valence-corrected chi connectivity index (χ2v) is 6.97. The SMILES string of the molecule is CCCCNC(=O)c1cccc(NC(=S)NC(=O)c2ccc(Cl)cc2Cl)c1. The van der Waals surface area contributed by atoms with E-state index >= 15 is 0 Å². The Kier molecular flexibility index (Phi) is 8.03. The summed E-state index contributed by atoms with van der Waals surface area (Å²) in [6, 6.07) is 11.4. The first-order valence-corrected chi connectivity index (χ1v) is 9.52. The van der Waals surface area contributed by atoms with Gasteiger partial charge in [-0.15, -0.1) is 0 Å². The lowest BCUT2D eigenvalue weighted by Crippen LogP contribution is -2.34. The van der Waals surface area contributed by atoms with Crippen LogP contribution in [0.5, 0.6) is 0 Å². The molecule has 0 aliphatic rings. The standard InChI is InChI=1S/C19H19Cl2N3O2S/c1-2-3-9-22-17(25)12-5-4-6-14(10-12)23-19(27)24-18(26)15-8-7-13(20)11-16(15)21/h4-8,10-11H,2-3,9H2,1H3,(H,22,25)(H2,23,24,26,27). The number of rotatable bonds is 6. The van der Waals surface area contributed by atoms with Crippen LogP contribution in [0.1, 0.15) is 40.5 Å². The Hall–Kier alpha value is -2.15. The van der Waals surface area contributed by atoms with Crippen LogP contribution in [0, 0.1) is 0 Å². The van der Waals surface area contributed by atoms with Crippen LogP contribution in [0.3, 0.4) is 0 Å². The Morgan fingerprint density at radius 1 is 1.07 bits per heavy atom. The summed E-state index contributed by atoms with van der Waals surface area (Å²) in [6.07, 6.45) is 1.93. The molecule has 0 saturated carbocycles. The predicted octanol–water partition coefficient (Wildman–Crippen LogP) is 4.65. The molecule has 0 saturated heterocycles. The summed E-state index contributed by atoms with van der Waals surface area (Å²) in [7, 11) is 0. The van der Waals surface area contributed by atoms with Crippen LogP contribution in [-0.2, 0) is 0 Å². The molecule has 0 heterocycles. The molecule has 2 aromatic carbocycles. The van der Waals surface area contributed by atoms with Crippen LogP contribution in [0.15, 0.2) is 42.5 Å². The average Bonchev–Trinajstić information content (AvgIpc) is 2.61. The summed E-state index contributed by atoms with van der Waals surface area (Å²) < 4.78 is 0. The van der Waals surface area contributed by atoms with Crippen LogP contribution in [0.2, 0.25) is 10.0 Å². The number of hydrogen-bond acceptors (Lipinski definition) is 3. The monoisotopic (exact) mass is 423 g/mol. The van der Waals surface area contributed by atoms with Crippen molar-refractivity contribution in [2.24, 2.45) is 0 Å². The molecular weight excluding hydrogens is 405 g/mol. The van der Waals surface area contributed by atoms with Crippen molar-refractivity contribution in [3.63, 3.8) is 0 Å². The Morgan fingerprint density at radius 3 is 2.56 bits per heavy atom. The fourth-order valence-electron chi connectivity index (χ4n) is 2.23. The predicted molar refractivity (Wildman–Crippen MR) is 114 cm³/mol. The summed E-state index contributed by atoms with van der Waals surface area (Å²) >= 11 is 17.0. The molecule has 0 bridgehead atoms. The molecule has 2 aromatic rings. The van der Waals surface area contributed by atoms with Gasteiger partial charge in [-0.1, -0.05) is 42.6 Å². The van der Waals surface area contributed by atoms with Crippen molar-refractivity contribution in [1.82, 2.24) is 10.6 Å². The molecule has 0 aromatic heterocycles. The maximum atomic E-state index is 12.3. The number of benzene rings is 2. The molecule has 0 spiro atoms. The molecule has 27 heavy (non-hydrogen) atoms. The van der Waals surface area contributed by atoms with Crippen molar-refractivity contribution in [3.05, 3.63) is 63.6 Å². The molecule has 0 fully saturated rings. The average molecular weight is 424 g/mol. The maximum absolute atomic E-state index is 12.3. The van der Waals surface area contributed by atoms with Crippen molar-refractivity contribution >= 4 is 58.0 Å². The van der Waals surface area contributed by atoms with Gasteiger partial charge in [-0.25, -0.2) is 0 Å². The zero-order chi connectivity index (χ0) is 19.8. The van der Waals surface area contributed by atoms with Crippen LogP contribution in [0.4, 0.5) is 5.69 Å². The Balaban J connectivity index is 1.98. The number of amides is 2. The number of carbonyl (C=O) groups excluding carboxylic acids is 2. The molecule has 142 valence electrons. The van der Waals surface area contributed by atoms with Crippen LogP contribution in [-0.4, -0.2) is 23.5 Å². The van der Waals surface area contributed by atoms with E-state index in [0.717, 1.165) is 12.8 Å². The number of carbonyl (C=O) groups is 2. The first-order chi connectivity index (χ1) is 12.9. The minimum Gasteiger partial charge on any atom is -0.352 e. The number of nitrogens with one attached hydrogen (secondary N) is 3. The zero-order valence-corrected chi connectivity index (χ0v) is 17.0. The molecule has 0 radical (unpaired) electrons. The summed E-state index contributed by atoms with van der Waals surface area (Å²) in [5.41, 5.74) is 1.35. The molecular formula is C19H19Cl2N3O2S. The van der Waals surface area contributed by atoms with Gasteiger partial charge in [0.2, 0.25) is 0 Å². The van der Waals surface area contributed by atoms with Crippen LogP contribution < -0.4 is 16.0 Å². The highest BCUT2D eigenvalue weighted by Crippen LogP contribution is 2.21. The van der Waals surface area contributed by atoms with E-state index < -0.39 is 5.91 Å². The van der Waals surface area contributed by atoms with Gasteiger partial charge in [0.05, 0.1) is 10.6 Å². The van der Waals surface area contributed by atoms with Crippen LogP contribution in [0.25, 0.3) is 0 Å². The fourth-order valence-corrected chi connectivity index (χ4v) is 2.93. The molecule has 2 amide bonds. The van der Waals surface area contributed by atoms with Crippen LogP contribution >= 0.6 is 35.4 Å². The van der Waals surface area contributed by atoms with Crippen molar-refractivity contribution in [3.8, 4) is 0 Å². The molecule has 0 aliphatic heterocycles. The first-order valence-electron chi connectivity index (χ1n) is 8.36. The lowest BCUT2D eigenvalue weighted by Gasteiger charge is -2.11. The highest BCUT2D eigenvalue weighted by atomic mass is 35.5. The second kappa shape index (κ2) is 10.3. The fraction of sp³-hybridized carbons (Fsp3) is 0.211. The molecule has 3 N–H and O–H groups in total. The first kappa shape index (κ1) is 21.2. The van der Waals surface area contributed by atoms with E-state index in [-0.39, 0.29) is 21.6 Å². The highest BCUT2D eigenvalue weighted by molar-refractivity contribution is 7.80. The van der Waals surface area contributed by atoms with Gasteiger partial charge >= 0.3 is 0 Å². The number of unbranched alkanes of at least 4 members (excludes halogenated alkanes) is 1. The lowest BCUT2D eigenvalue weighted by molar-refractivity contribution is 0.0950. The minimum atomic E-state index is -0.456. The zero-order valence-electron chi connectivity index (χ0n) is 14.6. The van der Waals surface area contributed by atoms with Gasteiger partial charge in [0.1, 0.15) is 0 Å². The molecule has 0 aliphatic carbocycles. The summed E-state index contributed by atoms with van der Waals surface area (Å²) in [5.74, 6) is -0.613. The molecule has 0 unspecified atom stereocenters. The third-order valence-corrected chi connectivity index (χ3v) is 4.35. The second-order valence-electron chi connectivity index (χ2n) is 5.72. The van der Waals surface area contributed by atoms with Gasteiger partial charge in [-0.05, 0) is 55.0 Å². The topological polar surface area (TPSA) is 70.2 Å². The van der Waals surface area contributed by atoms with E-state index in [1.807, 2.05) is 0 Å².